The van der Waals surface area contributed by atoms with Crippen molar-refractivity contribution in [1.82, 2.24) is 4.90 Å². The zero-order valence-corrected chi connectivity index (χ0v) is 13.1. The van der Waals surface area contributed by atoms with Crippen LogP contribution < -0.4 is 0 Å². The number of benzene rings is 1. The third kappa shape index (κ3) is 3.67. The summed E-state index contributed by atoms with van der Waals surface area (Å²) in [4.78, 5) is 14.5. The molecule has 1 aliphatic heterocycles. The van der Waals surface area contributed by atoms with Crippen molar-refractivity contribution in [3.8, 4) is 0 Å². The first-order valence-electron chi connectivity index (χ1n) is 6.84. The van der Waals surface area contributed by atoms with Crippen LogP contribution in [0.25, 0.3) is 0 Å². The number of nitrogens with zero attached hydrogens (tertiary/aromatic N) is 1. The van der Waals surface area contributed by atoms with Gasteiger partial charge in [-0.3, -0.25) is 4.79 Å². The summed E-state index contributed by atoms with van der Waals surface area (Å²) in [7, 11) is 0. The number of carbonyl (C=O) groups is 1. The lowest BCUT2D eigenvalue weighted by Gasteiger charge is -2.31. The molecular weight excluding hydrogens is 297 g/mol. The lowest BCUT2D eigenvalue weighted by Crippen LogP contribution is -2.42. The average Bonchev–Trinajstić information content (AvgIpc) is 2.49. The third-order valence-corrected chi connectivity index (χ3v) is 5.25. The molecule has 0 N–H and O–H groups in total. The van der Waals surface area contributed by atoms with E-state index in [1.165, 1.54) is 30.3 Å². The molecule has 1 heterocycles. The molecule has 2 nitrogen and oxygen atoms in total. The minimum Gasteiger partial charge on any atom is -0.342 e. The molecule has 0 aliphatic carbocycles. The van der Waals surface area contributed by atoms with Gasteiger partial charge >= 0.3 is 0 Å². The fraction of sp³-hybridized carbons (Fsp3) is 0.533. The van der Waals surface area contributed by atoms with Crippen molar-refractivity contribution in [3.05, 3.63) is 35.6 Å². The zero-order valence-electron chi connectivity index (χ0n) is 11.5. The Balaban J connectivity index is 2.09. The summed E-state index contributed by atoms with van der Waals surface area (Å²) in [6.07, 6.45) is 5.22. The van der Waals surface area contributed by atoms with Crippen LogP contribution in [0, 0.1) is 5.82 Å². The maximum Gasteiger partial charge on any atom is 0.237 e. The Morgan fingerprint density at radius 2 is 1.85 bits per heavy atom. The van der Waals surface area contributed by atoms with E-state index in [4.69, 9.17) is 11.6 Å². The molecule has 0 aromatic heterocycles. The van der Waals surface area contributed by atoms with Crippen LogP contribution in [0.3, 0.4) is 0 Å². The molecule has 0 saturated carbocycles. The summed E-state index contributed by atoms with van der Waals surface area (Å²) < 4.78 is 13.0. The van der Waals surface area contributed by atoms with Crippen molar-refractivity contribution in [1.29, 1.82) is 0 Å². The molecule has 2 rings (SSSR count). The van der Waals surface area contributed by atoms with Crippen molar-refractivity contribution in [3.63, 3.8) is 0 Å². The number of piperidine rings is 1. The summed E-state index contributed by atoms with van der Waals surface area (Å²) in [5, 5.41) is -0.750. The van der Waals surface area contributed by atoms with Crippen LogP contribution in [0.1, 0.15) is 30.2 Å². The van der Waals surface area contributed by atoms with E-state index in [1.54, 1.807) is 12.1 Å². The second-order valence-electron chi connectivity index (χ2n) is 5.00. The van der Waals surface area contributed by atoms with Crippen molar-refractivity contribution in [2.45, 2.75) is 29.9 Å². The highest BCUT2D eigenvalue weighted by molar-refractivity contribution is 8.00. The minimum absolute atomic E-state index is 0.0986. The highest BCUT2D eigenvalue weighted by Gasteiger charge is 2.31. The Kier molecular flexibility index (Phi) is 5.73. The third-order valence-electron chi connectivity index (χ3n) is 3.62. The summed E-state index contributed by atoms with van der Waals surface area (Å²) >= 11 is 7.91. The highest BCUT2D eigenvalue weighted by atomic mass is 35.5. The molecule has 5 heteroatoms. The van der Waals surface area contributed by atoms with Crippen LogP contribution in [0.15, 0.2) is 24.3 Å². The van der Waals surface area contributed by atoms with Gasteiger partial charge in [0.2, 0.25) is 5.91 Å². The first kappa shape index (κ1) is 15.6. The molecule has 1 aromatic carbocycles. The van der Waals surface area contributed by atoms with E-state index in [2.05, 4.69) is 0 Å². The Hall–Kier alpha value is -0.740. The molecule has 1 aliphatic rings. The van der Waals surface area contributed by atoms with E-state index in [9.17, 15) is 9.18 Å². The monoisotopic (exact) mass is 315 g/mol. The van der Waals surface area contributed by atoms with Gasteiger partial charge in [-0.15, -0.1) is 11.6 Å². The van der Waals surface area contributed by atoms with Gasteiger partial charge in [0.25, 0.3) is 0 Å². The van der Waals surface area contributed by atoms with Crippen LogP contribution in [0.5, 0.6) is 0 Å². The molecule has 0 unspecified atom stereocenters. The molecule has 1 amide bonds. The number of carbonyl (C=O) groups excluding carboxylic acids is 1. The first-order chi connectivity index (χ1) is 9.63. The second kappa shape index (κ2) is 7.32. The Labute approximate surface area is 128 Å². The van der Waals surface area contributed by atoms with Crippen molar-refractivity contribution in [2.24, 2.45) is 0 Å². The number of amides is 1. The van der Waals surface area contributed by atoms with Gasteiger partial charge in [-0.1, -0.05) is 12.1 Å². The van der Waals surface area contributed by atoms with Crippen LogP contribution in [-0.4, -0.2) is 35.4 Å². The number of hydrogen-bond acceptors (Lipinski definition) is 2. The number of hydrogen-bond donors (Lipinski definition) is 0. The average molecular weight is 316 g/mol. The fourth-order valence-electron chi connectivity index (χ4n) is 2.46. The lowest BCUT2D eigenvalue weighted by atomic mass is 10.1. The largest absolute Gasteiger partial charge is 0.342 e. The number of alkyl halides is 1. The lowest BCUT2D eigenvalue weighted by molar-refractivity contribution is -0.131. The van der Waals surface area contributed by atoms with Crippen LogP contribution in [-0.2, 0) is 4.79 Å². The molecule has 0 bridgehead atoms. The smallest absolute Gasteiger partial charge is 0.237 e. The molecule has 20 heavy (non-hydrogen) atoms. The van der Waals surface area contributed by atoms with E-state index >= 15 is 0 Å². The Bertz CT molecular complexity index is 448. The van der Waals surface area contributed by atoms with E-state index in [0.29, 0.717) is 0 Å². The van der Waals surface area contributed by atoms with Gasteiger partial charge in [0.15, 0.2) is 0 Å². The fourth-order valence-corrected chi connectivity index (χ4v) is 3.77. The van der Waals surface area contributed by atoms with Gasteiger partial charge in [-0.25, -0.2) is 4.39 Å². The van der Waals surface area contributed by atoms with Crippen molar-refractivity contribution >= 4 is 29.3 Å². The normalized spacial score (nSPS) is 18.6. The number of rotatable bonds is 4. The molecule has 1 saturated heterocycles. The van der Waals surface area contributed by atoms with E-state index < -0.39 is 5.38 Å². The van der Waals surface area contributed by atoms with Gasteiger partial charge in [-0.2, -0.15) is 11.8 Å². The molecule has 1 aromatic rings. The predicted octanol–water partition coefficient (Wildman–Crippen LogP) is 3.85. The standard InChI is InChI=1S/C15H19ClFNOS/c1-20-14(15(19)18-9-3-2-4-10-18)13(16)11-5-7-12(17)8-6-11/h5-8,13-14H,2-4,9-10H2,1H3/t13-,14+/m0/s1. The van der Waals surface area contributed by atoms with Gasteiger partial charge < -0.3 is 4.90 Å². The second-order valence-corrected chi connectivity index (χ2v) is 6.45. The van der Waals surface area contributed by atoms with Crippen LogP contribution in [0.4, 0.5) is 4.39 Å². The van der Waals surface area contributed by atoms with Crippen molar-refractivity contribution < 1.29 is 9.18 Å². The quantitative estimate of drug-likeness (QED) is 0.787. The molecule has 0 spiro atoms. The maximum atomic E-state index is 13.0. The molecule has 110 valence electrons. The summed E-state index contributed by atoms with van der Waals surface area (Å²) in [6, 6.07) is 6.07. The van der Waals surface area contributed by atoms with Gasteiger partial charge in [0.05, 0.1) is 5.38 Å². The summed E-state index contributed by atoms with van der Waals surface area (Å²) in [5.41, 5.74) is 0.790. The number of likely N-dealkylation sites (tertiary alicyclic amines) is 1. The SMILES string of the molecule is CS[C@@H](C(=O)N1CCCCC1)[C@@H](Cl)c1ccc(F)cc1. The molecular formula is C15H19ClFNOS. The minimum atomic E-state index is -0.431. The molecule has 1 fully saturated rings. The predicted molar refractivity (Wildman–Crippen MR) is 82.7 cm³/mol. The topological polar surface area (TPSA) is 20.3 Å². The van der Waals surface area contributed by atoms with Gasteiger partial charge in [-0.05, 0) is 43.2 Å². The Morgan fingerprint density at radius 3 is 2.40 bits per heavy atom. The maximum absolute atomic E-state index is 13.0. The van der Waals surface area contributed by atoms with Crippen LogP contribution in [0.2, 0.25) is 0 Å². The summed E-state index contributed by atoms with van der Waals surface area (Å²) in [6.45, 7) is 1.64. The zero-order chi connectivity index (χ0) is 14.5. The van der Waals surface area contributed by atoms with E-state index in [0.717, 1.165) is 31.5 Å². The highest BCUT2D eigenvalue weighted by Crippen LogP contribution is 2.33. The van der Waals surface area contributed by atoms with E-state index in [1.807, 2.05) is 11.2 Å². The van der Waals surface area contributed by atoms with E-state index in [-0.39, 0.29) is 17.0 Å². The van der Waals surface area contributed by atoms with Crippen LogP contribution >= 0.6 is 23.4 Å². The molecule has 0 radical (unpaired) electrons. The Morgan fingerprint density at radius 1 is 1.25 bits per heavy atom. The van der Waals surface area contributed by atoms with Gasteiger partial charge in [0, 0.05) is 13.1 Å². The first-order valence-corrected chi connectivity index (χ1v) is 8.57. The summed E-state index contributed by atoms with van der Waals surface area (Å²) in [5.74, 6) is -0.192. The van der Waals surface area contributed by atoms with Crippen molar-refractivity contribution in [2.75, 3.05) is 19.3 Å². The number of thioether (sulfide) groups is 1. The number of halogens is 2. The van der Waals surface area contributed by atoms with Gasteiger partial charge in [0.1, 0.15) is 11.1 Å². The molecule has 2 atom stereocenters.